The molecule has 0 saturated carbocycles. The van der Waals surface area contributed by atoms with E-state index >= 15 is 0 Å². The number of nitriles is 1. The summed E-state index contributed by atoms with van der Waals surface area (Å²) in [6.45, 7) is 0. The van der Waals surface area contributed by atoms with Gasteiger partial charge in [0.2, 0.25) is 0 Å². The molecule has 0 amide bonds. The van der Waals surface area contributed by atoms with Crippen molar-refractivity contribution in [3.8, 4) is 6.07 Å². The third kappa shape index (κ3) is 2.50. The van der Waals surface area contributed by atoms with E-state index in [-0.39, 0.29) is 11.6 Å². The van der Waals surface area contributed by atoms with E-state index in [1.165, 1.54) is 17.2 Å². The van der Waals surface area contributed by atoms with Crippen molar-refractivity contribution in [1.29, 1.82) is 5.26 Å². The fraction of sp³-hybridized carbons (Fsp3) is 0.188. The van der Waals surface area contributed by atoms with Gasteiger partial charge in [-0.1, -0.05) is 24.3 Å². The van der Waals surface area contributed by atoms with Crippen LogP contribution >= 0.6 is 11.8 Å². The molecule has 100 valence electrons. The first-order chi connectivity index (χ1) is 9.78. The van der Waals surface area contributed by atoms with Crippen LogP contribution in [0.15, 0.2) is 42.5 Å². The molecule has 0 fully saturated rings. The van der Waals surface area contributed by atoms with Crippen LogP contribution in [0, 0.1) is 17.1 Å². The van der Waals surface area contributed by atoms with E-state index in [1.54, 1.807) is 12.1 Å². The molecule has 2 nitrogen and oxygen atoms in total. The normalized spacial score (nSPS) is 17.1. The molecule has 1 heterocycles. The zero-order valence-corrected chi connectivity index (χ0v) is 11.6. The molecule has 0 radical (unpaired) electrons. The standard InChI is InChI=1S/C16H13FN2S/c17-15-6-5-13(7-12(15)8-18)19-16-10-20-9-11-3-1-2-4-14(11)16/h1-7,16,19H,9-10H2. The van der Waals surface area contributed by atoms with Gasteiger partial charge in [-0.15, -0.1) is 0 Å². The smallest absolute Gasteiger partial charge is 0.141 e. The molecular weight excluding hydrogens is 271 g/mol. The van der Waals surface area contributed by atoms with Crippen molar-refractivity contribution in [2.75, 3.05) is 11.1 Å². The summed E-state index contributed by atoms with van der Waals surface area (Å²) < 4.78 is 13.3. The van der Waals surface area contributed by atoms with Gasteiger partial charge in [0.05, 0.1) is 11.6 Å². The quantitative estimate of drug-likeness (QED) is 0.902. The summed E-state index contributed by atoms with van der Waals surface area (Å²) in [4.78, 5) is 0. The Labute approximate surface area is 121 Å². The number of rotatable bonds is 2. The Morgan fingerprint density at radius 3 is 2.95 bits per heavy atom. The van der Waals surface area contributed by atoms with Gasteiger partial charge in [-0.05, 0) is 29.3 Å². The van der Waals surface area contributed by atoms with Gasteiger partial charge in [0.1, 0.15) is 11.9 Å². The van der Waals surface area contributed by atoms with E-state index in [1.807, 2.05) is 30.0 Å². The second kappa shape index (κ2) is 5.56. The first kappa shape index (κ1) is 13.0. The summed E-state index contributed by atoms with van der Waals surface area (Å²) in [5.74, 6) is 1.52. The third-order valence-corrected chi connectivity index (χ3v) is 4.48. The number of nitrogens with one attached hydrogen (secondary N) is 1. The monoisotopic (exact) mass is 284 g/mol. The maximum absolute atomic E-state index is 13.3. The number of anilines is 1. The molecule has 1 aliphatic rings. The van der Waals surface area contributed by atoms with Crippen LogP contribution in [0.2, 0.25) is 0 Å². The number of hydrogen-bond donors (Lipinski definition) is 1. The molecule has 1 unspecified atom stereocenters. The van der Waals surface area contributed by atoms with Crippen LogP contribution in [0.25, 0.3) is 0 Å². The average molecular weight is 284 g/mol. The maximum atomic E-state index is 13.3. The third-order valence-electron chi connectivity index (χ3n) is 3.40. The number of nitrogens with zero attached hydrogens (tertiary/aromatic N) is 1. The Balaban J connectivity index is 1.88. The Morgan fingerprint density at radius 2 is 2.10 bits per heavy atom. The van der Waals surface area contributed by atoms with Crippen molar-refractivity contribution >= 4 is 17.4 Å². The second-order valence-corrected chi connectivity index (χ2v) is 5.75. The molecule has 2 aromatic rings. The van der Waals surface area contributed by atoms with Gasteiger partial charge in [-0.3, -0.25) is 0 Å². The Morgan fingerprint density at radius 1 is 1.25 bits per heavy atom. The fourth-order valence-electron chi connectivity index (χ4n) is 2.40. The van der Waals surface area contributed by atoms with Crippen molar-refractivity contribution in [3.63, 3.8) is 0 Å². The van der Waals surface area contributed by atoms with Crippen LogP contribution in [0.4, 0.5) is 10.1 Å². The summed E-state index contributed by atoms with van der Waals surface area (Å²) in [6, 6.07) is 15.0. The molecule has 4 heteroatoms. The Hall–Kier alpha value is -1.99. The van der Waals surface area contributed by atoms with Crippen molar-refractivity contribution in [1.82, 2.24) is 0 Å². The van der Waals surface area contributed by atoms with Crippen molar-refractivity contribution in [2.45, 2.75) is 11.8 Å². The van der Waals surface area contributed by atoms with Crippen LogP contribution in [0.1, 0.15) is 22.7 Å². The maximum Gasteiger partial charge on any atom is 0.141 e. The summed E-state index contributed by atoms with van der Waals surface area (Å²) in [5.41, 5.74) is 3.48. The molecule has 0 saturated heterocycles. The van der Waals surface area contributed by atoms with E-state index in [0.29, 0.717) is 0 Å². The highest BCUT2D eigenvalue weighted by Gasteiger charge is 2.20. The van der Waals surface area contributed by atoms with Crippen molar-refractivity contribution in [3.05, 3.63) is 65.0 Å². The number of thioether (sulfide) groups is 1. The topological polar surface area (TPSA) is 35.8 Å². The van der Waals surface area contributed by atoms with E-state index < -0.39 is 5.82 Å². The average Bonchev–Trinajstić information content (AvgIpc) is 2.49. The molecule has 0 spiro atoms. The van der Waals surface area contributed by atoms with Crippen molar-refractivity contribution in [2.24, 2.45) is 0 Å². The summed E-state index contributed by atoms with van der Waals surface area (Å²) in [5, 5.41) is 12.3. The van der Waals surface area contributed by atoms with Crippen LogP contribution in [0.5, 0.6) is 0 Å². The lowest BCUT2D eigenvalue weighted by atomic mass is 10.0. The molecule has 1 atom stereocenters. The number of hydrogen-bond acceptors (Lipinski definition) is 3. The lowest BCUT2D eigenvalue weighted by molar-refractivity contribution is 0.624. The predicted octanol–water partition coefficient (Wildman–Crippen LogP) is 4.10. The lowest BCUT2D eigenvalue weighted by Crippen LogP contribution is -2.18. The molecule has 2 aromatic carbocycles. The molecule has 0 aliphatic carbocycles. The zero-order valence-electron chi connectivity index (χ0n) is 10.8. The fourth-order valence-corrected chi connectivity index (χ4v) is 3.50. The summed E-state index contributed by atoms with van der Waals surface area (Å²) >= 11 is 1.88. The van der Waals surface area contributed by atoms with Crippen LogP contribution < -0.4 is 5.32 Å². The highest BCUT2D eigenvalue weighted by atomic mass is 32.2. The molecule has 1 aliphatic heterocycles. The molecule has 0 aromatic heterocycles. The Bertz CT molecular complexity index is 678. The first-order valence-electron chi connectivity index (χ1n) is 6.39. The molecule has 0 bridgehead atoms. The van der Waals surface area contributed by atoms with Crippen LogP contribution in [0.3, 0.4) is 0 Å². The van der Waals surface area contributed by atoms with Crippen LogP contribution in [-0.2, 0) is 5.75 Å². The second-order valence-electron chi connectivity index (χ2n) is 4.72. The molecular formula is C16H13FN2S. The SMILES string of the molecule is N#Cc1cc(NC2CSCc3ccccc32)ccc1F. The molecule has 20 heavy (non-hydrogen) atoms. The lowest BCUT2D eigenvalue weighted by Gasteiger charge is -2.27. The largest absolute Gasteiger partial charge is 0.377 e. The van der Waals surface area contributed by atoms with E-state index in [0.717, 1.165) is 17.2 Å². The predicted molar refractivity (Wildman–Crippen MR) is 80.1 cm³/mol. The van der Waals surface area contributed by atoms with E-state index in [9.17, 15) is 4.39 Å². The van der Waals surface area contributed by atoms with Gasteiger partial charge in [0, 0.05) is 17.2 Å². The minimum absolute atomic E-state index is 0.0757. The molecule has 3 rings (SSSR count). The van der Waals surface area contributed by atoms with Crippen LogP contribution in [-0.4, -0.2) is 5.75 Å². The van der Waals surface area contributed by atoms with Crippen molar-refractivity contribution < 1.29 is 4.39 Å². The summed E-state index contributed by atoms with van der Waals surface area (Å²) in [7, 11) is 0. The Kier molecular flexibility index (Phi) is 3.62. The minimum Gasteiger partial charge on any atom is -0.377 e. The number of fused-ring (bicyclic) bond motifs is 1. The van der Waals surface area contributed by atoms with Gasteiger partial charge in [0.15, 0.2) is 0 Å². The number of halogens is 1. The van der Waals surface area contributed by atoms with E-state index in [2.05, 4.69) is 17.4 Å². The van der Waals surface area contributed by atoms with Gasteiger partial charge >= 0.3 is 0 Å². The van der Waals surface area contributed by atoms with E-state index in [4.69, 9.17) is 5.26 Å². The zero-order chi connectivity index (χ0) is 13.9. The minimum atomic E-state index is -0.475. The van der Waals surface area contributed by atoms with Gasteiger partial charge in [-0.2, -0.15) is 17.0 Å². The number of benzene rings is 2. The molecule has 1 N–H and O–H groups in total. The van der Waals surface area contributed by atoms with Gasteiger partial charge in [0.25, 0.3) is 0 Å². The highest BCUT2D eigenvalue weighted by Crippen LogP contribution is 2.33. The summed E-state index contributed by atoms with van der Waals surface area (Å²) in [6.07, 6.45) is 0. The van der Waals surface area contributed by atoms with Gasteiger partial charge < -0.3 is 5.32 Å². The highest BCUT2D eigenvalue weighted by molar-refractivity contribution is 7.98. The van der Waals surface area contributed by atoms with Gasteiger partial charge in [-0.25, -0.2) is 4.39 Å². The first-order valence-corrected chi connectivity index (χ1v) is 7.55.